The Hall–Kier alpha value is -2.56. The van der Waals surface area contributed by atoms with Crippen molar-refractivity contribution in [1.82, 2.24) is 9.97 Å². The molecule has 2 N–H and O–H groups in total. The number of rotatable bonds is 2. The second-order valence-corrected chi connectivity index (χ2v) is 5.88. The minimum atomic E-state index is -0.423. The van der Waals surface area contributed by atoms with Gasteiger partial charge < -0.3 is 9.97 Å². The average molecular weight is 359 g/mol. The Morgan fingerprint density at radius 1 is 0.667 bits per heavy atom. The molecule has 3 rings (SSSR count). The lowest BCUT2D eigenvalue weighted by molar-refractivity contribution is 1.00. The first kappa shape index (κ1) is 16.3. The quantitative estimate of drug-likeness (QED) is 0.735. The summed E-state index contributed by atoms with van der Waals surface area (Å²) < 4.78 is 0. The number of nitrogens with one attached hydrogen (secondary N) is 2. The zero-order valence-corrected chi connectivity index (χ0v) is 13.9. The van der Waals surface area contributed by atoms with Crippen LogP contribution in [-0.2, 0) is 0 Å². The molecule has 0 saturated heterocycles. The van der Waals surface area contributed by atoms with Crippen LogP contribution in [-0.4, -0.2) is 9.97 Å². The Labute approximate surface area is 146 Å². The molecule has 1 heterocycles. The second kappa shape index (κ2) is 6.91. The van der Waals surface area contributed by atoms with Gasteiger partial charge in [-0.1, -0.05) is 59.6 Å². The highest BCUT2D eigenvalue weighted by Gasteiger charge is 2.00. The Morgan fingerprint density at radius 3 is 1.42 bits per heavy atom. The Bertz CT molecular complexity index is 1040. The van der Waals surface area contributed by atoms with Gasteiger partial charge in [-0.15, -0.1) is 0 Å². The van der Waals surface area contributed by atoms with Crippen LogP contribution in [0, 0.1) is 0 Å². The van der Waals surface area contributed by atoms with Gasteiger partial charge in [0, 0.05) is 10.0 Å². The third-order valence-corrected chi connectivity index (χ3v) is 4.08. The smallest absolute Gasteiger partial charge is 0.272 e. The predicted octanol–water partition coefficient (Wildman–Crippen LogP) is 2.03. The van der Waals surface area contributed by atoms with Crippen molar-refractivity contribution < 1.29 is 0 Å². The van der Waals surface area contributed by atoms with Crippen LogP contribution in [0.1, 0.15) is 11.1 Å². The van der Waals surface area contributed by atoms with Gasteiger partial charge in [-0.2, -0.15) is 0 Å². The normalized spacial score (nSPS) is 12.6. The zero-order valence-electron chi connectivity index (χ0n) is 12.3. The van der Waals surface area contributed by atoms with Gasteiger partial charge in [-0.25, -0.2) is 0 Å². The highest BCUT2D eigenvalue weighted by Crippen LogP contribution is 2.15. The summed E-state index contributed by atoms with van der Waals surface area (Å²) in [6.07, 6.45) is 3.06. The maximum atomic E-state index is 12.2. The molecule has 4 nitrogen and oxygen atoms in total. The van der Waals surface area contributed by atoms with Crippen molar-refractivity contribution in [1.29, 1.82) is 0 Å². The topological polar surface area (TPSA) is 65.7 Å². The zero-order chi connectivity index (χ0) is 17.1. The maximum Gasteiger partial charge on any atom is 0.272 e. The van der Waals surface area contributed by atoms with E-state index in [1.165, 1.54) is 12.2 Å². The number of hydrogen-bond donors (Lipinski definition) is 2. The van der Waals surface area contributed by atoms with E-state index >= 15 is 0 Å². The van der Waals surface area contributed by atoms with Crippen molar-refractivity contribution in [3.63, 3.8) is 0 Å². The van der Waals surface area contributed by atoms with Crippen molar-refractivity contribution >= 4 is 35.4 Å². The fourth-order valence-corrected chi connectivity index (χ4v) is 2.57. The van der Waals surface area contributed by atoms with Gasteiger partial charge in [0.15, 0.2) is 0 Å². The fraction of sp³-hybridized carbons (Fsp3) is 0. The Kier molecular flexibility index (Phi) is 4.69. The molecule has 0 saturated carbocycles. The van der Waals surface area contributed by atoms with Crippen molar-refractivity contribution in [3.05, 3.63) is 101 Å². The summed E-state index contributed by atoms with van der Waals surface area (Å²) in [5.41, 5.74) is 0.437. The number of aromatic nitrogens is 2. The molecule has 0 unspecified atom stereocenters. The van der Waals surface area contributed by atoms with Crippen molar-refractivity contribution in [2.24, 2.45) is 0 Å². The SMILES string of the molecule is O=c1[nH]/c(=C/c2ccccc2Cl)c(=O)[nH]/c1=C/c1ccccc1Cl. The molecule has 0 radical (unpaired) electrons. The van der Waals surface area contributed by atoms with Crippen LogP contribution < -0.4 is 21.8 Å². The molecule has 0 amide bonds. The standard InChI is InChI=1S/C18H12Cl2N2O2/c19-13-7-3-1-5-11(13)9-15-17(23)22-16(18(24)21-15)10-12-6-2-4-8-14(12)20/h1-10H,(H,21,24)(H,22,23)/b15-9+,16-10+. The first-order valence-electron chi connectivity index (χ1n) is 7.10. The molecule has 0 atom stereocenters. The summed E-state index contributed by atoms with van der Waals surface area (Å²) in [6.45, 7) is 0. The molecule has 24 heavy (non-hydrogen) atoms. The lowest BCUT2D eigenvalue weighted by Gasteiger charge is -1.97. The van der Waals surface area contributed by atoms with Gasteiger partial charge in [-0.3, -0.25) is 9.59 Å². The van der Waals surface area contributed by atoms with E-state index < -0.39 is 11.1 Å². The number of halogens is 2. The van der Waals surface area contributed by atoms with Crippen LogP contribution in [0.3, 0.4) is 0 Å². The molecule has 0 aliphatic heterocycles. The summed E-state index contributed by atoms with van der Waals surface area (Å²) in [4.78, 5) is 29.6. The summed E-state index contributed by atoms with van der Waals surface area (Å²) in [7, 11) is 0. The molecule has 0 bridgehead atoms. The van der Waals surface area contributed by atoms with E-state index in [2.05, 4.69) is 9.97 Å². The van der Waals surface area contributed by atoms with Crippen LogP contribution in [0.4, 0.5) is 0 Å². The lowest BCUT2D eigenvalue weighted by Crippen LogP contribution is -2.46. The van der Waals surface area contributed by atoms with Gasteiger partial charge in [-0.05, 0) is 35.4 Å². The molecule has 0 spiro atoms. The molecule has 0 aliphatic carbocycles. The molecule has 0 fully saturated rings. The largest absolute Gasteiger partial charge is 0.316 e. The summed E-state index contributed by atoms with van der Waals surface area (Å²) >= 11 is 12.1. The monoisotopic (exact) mass is 358 g/mol. The molecule has 0 aliphatic rings. The third kappa shape index (κ3) is 3.50. The summed E-state index contributed by atoms with van der Waals surface area (Å²) in [5.74, 6) is 0. The Morgan fingerprint density at radius 2 is 1.04 bits per heavy atom. The molecular weight excluding hydrogens is 347 g/mol. The van der Waals surface area contributed by atoms with E-state index in [-0.39, 0.29) is 10.7 Å². The highest BCUT2D eigenvalue weighted by atomic mass is 35.5. The summed E-state index contributed by atoms with van der Waals surface area (Å²) in [6, 6.07) is 14.1. The number of aromatic amines is 2. The van der Waals surface area contributed by atoms with Gasteiger partial charge >= 0.3 is 0 Å². The first-order chi connectivity index (χ1) is 11.5. The summed E-state index contributed by atoms with van der Waals surface area (Å²) in [5, 5.41) is 1.24. The second-order valence-electron chi connectivity index (χ2n) is 5.07. The Balaban J connectivity index is 2.18. The number of H-pyrrole nitrogens is 2. The van der Waals surface area contributed by atoms with Crippen LogP contribution in [0.15, 0.2) is 58.1 Å². The molecular formula is C18H12Cl2N2O2. The predicted molar refractivity (Wildman–Crippen MR) is 97.0 cm³/mol. The van der Waals surface area contributed by atoms with E-state index in [0.717, 1.165) is 0 Å². The van der Waals surface area contributed by atoms with E-state index in [1.807, 2.05) is 0 Å². The van der Waals surface area contributed by atoms with Gasteiger partial charge in [0.2, 0.25) is 0 Å². The van der Waals surface area contributed by atoms with E-state index in [0.29, 0.717) is 21.2 Å². The van der Waals surface area contributed by atoms with Crippen molar-refractivity contribution in [2.75, 3.05) is 0 Å². The minimum Gasteiger partial charge on any atom is -0.316 e. The molecule has 120 valence electrons. The molecule has 2 aromatic carbocycles. The van der Waals surface area contributed by atoms with E-state index in [9.17, 15) is 9.59 Å². The lowest BCUT2D eigenvalue weighted by atomic mass is 10.2. The highest BCUT2D eigenvalue weighted by molar-refractivity contribution is 6.32. The number of benzene rings is 2. The third-order valence-electron chi connectivity index (χ3n) is 3.40. The van der Waals surface area contributed by atoms with Crippen LogP contribution in [0.5, 0.6) is 0 Å². The van der Waals surface area contributed by atoms with Crippen molar-refractivity contribution in [3.8, 4) is 0 Å². The van der Waals surface area contributed by atoms with Gasteiger partial charge in [0.25, 0.3) is 11.1 Å². The molecule has 3 aromatic rings. The average Bonchev–Trinajstić information content (AvgIpc) is 2.56. The van der Waals surface area contributed by atoms with Crippen molar-refractivity contribution in [2.45, 2.75) is 0 Å². The minimum absolute atomic E-state index is 0.129. The maximum absolute atomic E-state index is 12.2. The van der Waals surface area contributed by atoms with Crippen LogP contribution >= 0.6 is 23.2 Å². The van der Waals surface area contributed by atoms with Crippen LogP contribution in [0.25, 0.3) is 12.2 Å². The molecule has 1 aromatic heterocycles. The van der Waals surface area contributed by atoms with Crippen LogP contribution in [0.2, 0.25) is 10.0 Å². The first-order valence-corrected chi connectivity index (χ1v) is 7.85. The molecule has 6 heteroatoms. The number of hydrogen-bond acceptors (Lipinski definition) is 2. The van der Waals surface area contributed by atoms with E-state index in [4.69, 9.17) is 23.2 Å². The fourth-order valence-electron chi connectivity index (χ4n) is 2.19. The van der Waals surface area contributed by atoms with Gasteiger partial charge in [0.1, 0.15) is 10.7 Å². The van der Waals surface area contributed by atoms with Gasteiger partial charge in [0.05, 0.1) is 0 Å². The van der Waals surface area contributed by atoms with E-state index in [1.54, 1.807) is 48.5 Å².